The number of rotatable bonds is 7. The molecule has 0 bridgehead atoms. The zero-order chi connectivity index (χ0) is 13.4. The number of nitriles is 1. The van der Waals surface area contributed by atoms with Gasteiger partial charge in [-0.05, 0) is 31.0 Å². The minimum Gasteiger partial charge on any atom is -0.387 e. The fourth-order valence-corrected chi connectivity index (χ4v) is 1.82. The molecule has 2 N–H and O–H groups in total. The van der Waals surface area contributed by atoms with Crippen molar-refractivity contribution in [1.82, 2.24) is 5.32 Å². The van der Waals surface area contributed by atoms with Crippen LogP contribution in [0.25, 0.3) is 0 Å². The van der Waals surface area contributed by atoms with Crippen molar-refractivity contribution in [3.05, 3.63) is 35.4 Å². The molecule has 1 aromatic rings. The van der Waals surface area contributed by atoms with E-state index in [-0.39, 0.29) is 0 Å². The van der Waals surface area contributed by atoms with Crippen molar-refractivity contribution in [2.45, 2.75) is 45.3 Å². The molecule has 0 spiro atoms. The summed E-state index contributed by atoms with van der Waals surface area (Å²) in [4.78, 5) is 0. The number of aliphatic hydroxyl groups excluding tert-OH is 1. The first-order valence-corrected chi connectivity index (χ1v) is 6.59. The molecule has 0 saturated carbocycles. The van der Waals surface area contributed by atoms with Gasteiger partial charge >= 0.3 is 0 Å². The minimum atomic E-state index is -0.512. The first kappa shape index (κ1) is 14.7. The number of hydrogen-bond donors (Lipinski definition) is 2. The summed E-state index contributed by atoms with van der Waals surface area (Å²) in [6, 6.07) is 9.58. The SMILES string of the molecule is CCCCC(C)NCC(O)c1ccc(C#N)cc1. The van der Waals surface area contributed by atoms with E-state index in [1.165, 1.54) is 12.8 Å². The number of unbranched alkanes of at least 4 members (excludes halogenated alkanes) is 1. The fourth-order valence-electron chi connectivity index (χ4n) is 1.82. The predicted molar refractivity (Wildman–Crippen MR) is 73.1 cm³/mol. The Kier molecular flexibility index (Phi) is 6.42. The Bertz CT molecular complexity index is 380. The van der Waals surface area contributed by atoms with E-state index in [0.29, 0.717) is 18.2 Å². The van der Waals surface area contributed by atoms with Gasteiger partial charge in [-0.1, -0.05) is 31.9 Å². The van der Waals surface area contributed by atoms with Gasteiger partial charge in [0.15, 0.2) is 0 Å². The van der Waals surface area contributed by atoms with Crippen molar-refractivity contribution in [2.75, 3.05) is 6.54 Å². The molecule has 2 atom stereocenters. The van der Waals surface area contributed by atoms with E-state index in [9.17, 15) is 5.11 Å². The number of nitrogens with zero attached hydrogens (tertiary/aromatic N) is 1. The quantitative estimate of drug-likeness (QED) is 0.777. The van der Waals surface area contributed by atoms with Gasteiger partial charge in [-0.15, -0.1) is 0 Å². The summed E-state index contributed by atoms with van der Waals surface area (Å²) in [5.74, 6) is 0. The fraction of sp³-hybridized carbons (Fsp3) is 0.533. The molecule has 0 aromatic heterocycles. The Labute approximate surface area is 109 Å². The van der Waals surface area contributed by atoms with Crippen molar-refractivity contribution in [3.63, 3.8) is 0 Å². The third-order valence-corrected chi connectivity index (χ3v) is 3.07. The highest BCUT2D eigenvalue weighted by atomic mass is 16.3. The molecule has 0 amide bonds. The number of nitrogens with one attached hydrogen (secondary N) is 1. The van der Waals surface area contributed by atoms with Gasteiger partial charge in [0.1, 0.15) is 0 Å². The van der Waals surface area contributed by atoms with Crippen LogP contribution in [0.1, 0.15) is 50.3 Å². The largest absolute Gasteiger partial charge is 0.387 e. The van der Waals surface area contributed by atoms with Crippen LogP contribution < -0.4 is 5.32 Å². The normalized spacial score (nSPS) is 13.9. The van der Waals surface area contributed by atoms with Crippen LogP contribution in [-0.2, 0) is 0 Å². The Morgan fingerprint density at radius 3 is 2.56 bits per heavy atom. The van der Waals surface area contributed by atoms with Crippen molar-refractivity contribution < 1.29 is 5.11 Å². The van der Waals surface area contributed by atoms with E-state index < -0.39 is 6.10 Å². The molecule has 18 heavy (non-hydrogen) atoms. The summed E-state index contributed by atoms with van der Waals surface area (Å²) in [5, 5.41) is 22.0. The number of benzene rings is 1. The molecule has 0 aliphatic heterocycles. The maximum atomic E-state index is 10.0. The smallest absolute Gasteiger partial charge is 0.0991 e. The summed E-state index contributed by atoms with van der Waals surface area (Å²) in [6.45, 7) is 4.87. The minimum absolute atomic E-state index is 0.429. The molecule has 1 aromatic carbocycles. The molecular weight excluding hydrogens is 224 g/mol. The van der Waals surface area contributed by atoms with Crippen LogP contribution in [0.4, 0.5) is 0 Å². The van der Waals surface area contributed by atoms with Gasteiger partial charge in [0.25, 0.3) is 0 Å². The van der Waals surface area contributed by atoms with Gasteiger partial charge in [0, 0.05) is 12.6 Å². The summed E-state index contributed by atoms with van der Waals surface area (Å²) in [7, 11) is 0. The molecule has 0 aliphatic carbocycles. The lowest BCUT2D eigenvalue weighted by Crippen LogP contribution is -2.30. The van der Waals surface area contributed by atoms with E-state index in [1.807, 2.05) is 12.1 Å². The van der Waals surface area contributed by atoms with E-state index in [1.54, 1.807) is 12.1 Å². The van der Waals surface area contributed by atoms with Gasteiger partial charge in [0.2, 0.25) is 0 Å². The highest BCUT2D eigenvalue weighted by Crippen LogP contribution is 2.13. The van der Waals surface area contributed by atoms with Crippen molar-refractivity contribution in [1.29, 1.82) is 5.26 Å². The van der Waals surface area contributed by atoms with Crippen molar-refractivity contribution >= 4 is 0 Å². The third kappa shape index (κ3) is 4.87. The van der Waals surface area contributed by atoms with Crippen LogP contribution in [-0.4, -0.2) is 17.7 Å². The van der Waals surface area contributed by atoms with Crippen molar-refractivity contribution in [2.24, 2.45) is 0 Å². The Balaban J connectivity index is 2.40. The monoisotopic (exact) mass is 246 g/mol. The van der Waals surface area contributed by atoms with Crippen LogP contribution in [0.3, 0.4) is 0 Å². The summed E-state index contributed by atoms with van der Waals surface area (Å²) in [5.41, 5.74) is 1.47. The lowest BCUT2D eigenvalue weighted by atomic mass is 10.1. The van der Waals surface area contributed by atoms with Crippen LogP contribution in [0.5, 0.6) is 0 Å². The van der Waals surface area contributed by atoms with Gasteiger partial charge in [0.05, 0.1) is 17.7 Å². The van der Waals surface area contributed by atoms with E-state index >= 15 is 0 Å². The van der Waals surface area contributed by atoms with Gasteiger partial charge < -0.3 is 10.4 Å². The molecule has 98 valence electrons. The highest BCUT2D eigenvalue weighted by Gasteiger charge is 2.09. The highest BCUT2D eigenvalue weighted by molar-refractivity contribution is 5.32. The summed E-state index contributed by atoms with van der Waals surface area (Å²) < 4.78 is 0. The van der Waals surface area contributed by atoms with E-state index in [4.69, 9.17) is 5.26 Å². The third-order valence-electron chi connectivity index (χ3n) is 3.07. The van der Waals surface area contributed by atoms with Gasteiger partial charge in [-0.3, -0.25) is 0 Å². The van der Waals surface area contributed by atoms with Crippen molar-refractivity contribution in [3.8, 4) is 6.07 Å². The summed E-state index contributed by atoms with van der Waals surface area (Å²) in [6.07, 6.45) is 3.03. The van der Waals surface area contributed by atoms with Crippen LogP contribution >= 0.6 is 0 Å². The molecule has 0 radical (unpaired) electrons. The standard InChI is InChI=1S/C15H22N2O/c1-3-4-5-12(2)17-11-15(18)14-8-6-13(10-16)7-9-14/h6-9,12,15,17-18H,3-5,11H2,1-2H3. The van der Waals surface area contributed by atoms with Gasteiger partial charge in [-0.25, -0.2) is 0 Å². The average Bonchev–Trinajstić information content (AvgIpc) is 2.42. The second-order valence-corrected chi connectivity index (χ2v) is 4.70. The first-order valence-electron chi connectivity index (χ1n) is 6.59. The Morgan fingerprint density at radius 2 is 2.00 bits per heavy atom. The number of hydrogen-bond acceptors (Lipinski definition) is 3. The van der Waals surface area contributed by atoms with E-state index in [2.05, 4.69) is 25.2 Å². The molecule has 0 fully saturated rings. The second kappa shape index (κ2) is 7.86. The number of aliphatic hydroxyl groups is 1. The molecule has 1 rings (SSSR count). The van der Waals surface area contributed by atoms with Crippen LogP contribution in [0, 0.1) is 11.3 Å². The van der Waals surface area contributed by atoms with E-state index in [0.717, 1.165) is 12.0 Å². The maximum absolute atomic E-state index is 10.0. The topological polar surface area (TPSA) is 56.0 Å². The molecule has 3 nitrogen and oxygen atoms in total. The average molecular weight is 246 g/mol. The molecule has 3 heteroatoms. The van der Waals surface area contributed by atoms with Crippen LogP contribution in [0.15, 0.2) is 24.3 Å². The molecule has 0 heterocycles. The zero-order valence-corrected chi connectivity index (χ0v) is 11.2. The first-order chi connectivity index (χ1) is 8.67. The van der Waals surface area contributed by atoms with Gasteiger partial charge in [-0.2, -0.15) is 5.26 Å². The second-order valence-electron chi connectivity index (χ2n) is 4.70. The van der Waals surface area contributed by atoms with Crippen LogP contribution in [0.2, 0.25) is 0 Å². The zero-order valence-electron chi connectivity index (χ0n) is 11.2. The Morgan fingerprint density at radius 1 is 1.33 bits per heavy atom. The molecule has 2 unspecified atom stereocenters. The predicted octanol–water partition coefficient (Wildman–Crippen LogP) is 2.76. The lowest BCUT2D eigenvalue weighted by Gasteiger charge is -2.17. The lowest BCUT2D eigenvalue weighted by molar-refractivity contribution is 0.170. The molecular formula is C15H22N2O. The Hall–Kier alpha value is -1.37. The molecule has 0 aliphatic rings. The summed E-state index contributed by atoms with van der Waals surface area (Å²) >= 11 is 0. The molecule has 0 saturated heterocycles. The maximum Gasteiger partial charge on any atom is 0.0991 e.